The lowest BCUT2D eigenvalue weighted by molar-refractivity contribution is -0.0447. The van der Waals surface area contributed by atoms with Crippen molar-refractivity contribution in [2.24, 2.45) is 0 Å². The van der Waals surface area contributed by atoms with Crippen LogP contribution in [-0.2, 0) is 4.74 Å². The third-order valence-electron chi connectivity index (χ3n) is 3.82. The minimum Gasteiger partial charge on any atom is -0.374 e. The molecule has 2 aliphatic rings. The van der Waals surface area contributed by atoms with Gasteiger partial charge in [-0.2, -0.15) is 5.10 Å². The van der Waals surface area contributed by atoms with Crippen molar-refractivity contribution >= 4 is 21.8 Å². The van der Waals surface area contributed by atoms with Gasteiger partial charge >= 0.3 is 0 Å². The quantitative estimate of drug-likeness (QED) is 0.861. The fourth-order valence-corrected chi connectivity index (χ4v) is 3.22. The summed E-state index contributed by atoms with van der Waals surface area (Å²) in [5.41, 5.74) is 1.37. The lowest BCUT2D eigenvalue weighted by Gasteiger charge is -2.37. The summed E-state index contributed by atoms with van der Waals surface area (Å²) in [5, 5.41) is 6.94. The van der Waals surface area contributed by atoms with Crippen LogP contribution >= 0.6 is 15.9 Å². The van der Waals surface area contributed by atoms with Gasteiger partial charge in [0.05, 0.1) is 23.2 Å². The molecule has 2 unspecified atom stereocenters. The number of carbonyl (C=O) groups is 1. The van der Waals surface area contributed by atoms with Crippen LogP contribution in [0.3, 0.4) is 0 Å². The maximum absolute atomic E-state index is 12.5. The lowest BCUT2D eigenvalue weighted by Crippen LogP contribution is -2.51. The van der Waals surface area contributed by atoms with Crippen molar-refractivity contribution in [3.63, 3.8) is 0 Å². The van der Waals surface area contributed by atoms with E-state index in [4.69, 9.17) is 4.74 Å². The van der Waals surface area contributed by atoms with Crippen LogP contribution in [0.25, 0.3) is 0 Å². The second kappa shape index (κ2) is 4.66. The lowest BCUT2D eigenvalue weighted by atomic mass is 10.1. The number of ether oxygens (including phenoxy) is 1. The molecule has 2 heterocycles. The summed E-state index contributed by atoms with van der Waals surface area (Å²) in [7, 11) is 0. The van der Waals surface area contributed by atoms with E-state index in [0.29, 0.717) is 18.8 Å². The van der Waals surface area contributed by atoms with Gasteiger partial charge in [0, 0.05) is 12.2 Å². The van der Waals surface area contributed by atoms with Crippen molar-refractivity contribution in [2.75, 3.05) is 13.2 Å². The van der Waals surface area contributed by atoms with Gasteiger partial charge in [-0.1, -0.05) is 0 Å². The standard InChI is InChI=1S/C12H16BrN3O2/c1-7-10(13)11(15-14-7)12(17)16-5-6-18-9-4-2-3-8(9)16/h8-9H,2-6H2,1H3,(H,14,15). The van der Waals surface area contributed by atoms with E-state index in [9.17, 15) is 4.79 Å². The summed E-state index contributed by atoms with van der Waals surface area (Å²) >= 11 is 3.42. The molecule has 1 aromatic rings. The summed E-state index contributed by atoms with van der Waals surface area (Å²) in [6.45, 7) is 3.19. The minimum absolute atomic E-state index is 0.00595. The van der Waals surface area contributed by atoms with Gasteiger partial charge in [-0.15, -0.1) is 0 Å². The van der Waals surface area contributed by atoms with E-state index in [1.54, 1.807) is 0 Å². The third-order valence-corrected chi connectivity index (χ3v) is 4.79. The van der Waals surface area contributed by atoms with Crippen molar-refractivity contribution in [1.29, 1.82) is 0 Å². The van der Waals surface area contributed by atoms with Crippen molar-refractivity contribution in [3.05, 3.63) is 15.9 Å². The van der Waals surface area contributed by atoms with Crippen LogP contribution in [0.1, 0.15) is 35.4 Å². The van der Waals surface area contributed by atoms with Gasteiger partial charge < -0.3 is 9.64 Å². The van der Waals surface area contributed by atoms with Crippen molar-refractivity contribution in [1.82, 2.24) is 15.1 Å². The molecular weight excluding hydrogens is 298 g/mol. The summed E-state index contributed by atoms with van der Waals surface area (Å²) in [6, 6.07) is 0.232. The van der Waals surface area contributed by atoms with Crippen LogP contribution < -0.4 is 0 Å². The summed E-state index contributed by atoms with van der Waals surface area (Å²) in [6.07, 6.45) is 3.47. The number of fused-ring (bicyclic) bond motifs is 1. The number of halogens is 1. The topological polar surface area (TPSA) is 58.2 Å². The SMILES string of the molecule is Cc1[nH]nc(C(=O)N2CCOC3CCCC32)c1Br. The first-order chi connectivity index (χ1) is 8.68. The largest absolute Gasteiger partial charge is 0.374 e. The average Bonchev–Trinajstić information content (AvgIpc) is 2.96. The average molecular weight is 314 g/mol. The first-order valence-corrected chi connectivity index (χ1v) is 7.11. The summed E-state index contributed by atoms with van der Waals surface area (Å²) in [4.78, 5) is 14.5. The highest BCUT2D eigenvalue weighted by molar-refractivity contribution is 9.10. The third kappa shape index (κ3) is 1.87. The van der Waals surface area contributed by atoms with E-state index in [0.717, 1.165) is 29.4 Å². The molecule has 2 fully saturated rings. The molecule has 1 saturated heterocycles. The molecule has 6 heteroatoms. The Labute approximate surface area is 114 Å². The van der Waals surface area contributed by atoms with E-state index in [1.165, 1.54) is 0 Å². The first kappa shape index (κ1) is 12.2. The molecule has 5 nitrogen and oxygen atoms in total. The number of amides is 1. The Hall–Kier alpha value is -0.880. The number of aryl methyl sites for hydroxylation is 1. The number of hydrogen-bond acceptors (Lipinski definition) is 3. The molecule has 0 spiro atoms. The van der Waals surface area contributed by atoms with Gasteiger partial charge in [0.1, 0.15) is 0 Å². The molecule has 98 valence electrons. The van der Waals surface area contributed by atoms with E-state index >= 15 is 0 Å². The van der Waals surface area contributed by atoms with Gasteiger partial charge in [-0.3, -0.25) is 9.89 Å². The highest BCUT2D eigenvalue weighted by Crippen LogP contribution is 2.31. The normalized spacial score (nSPS) is 27.3. The molecule has 1 aromatic heterocycles. The second-order valence-corrected chi connectivity index (χ2v) is 5.71. The molecule has 1 aliphatic heterocycles. The molecule has 1 saturated carbocycles. The number of rotatable bonds is 1. The van der Waals surface area contributed by atoms with Crippen molar-refractivity contribution < 1.29 is 9.53 Å². The highest BCUT2D eigenvalue weighted by Gasteiger charge is 2.39. The Morgan fingerprint density at radius 3 is 3.11 bits per heavy atom. The first-order valence-electron chi connectivity index (χ1n) is 6.31. The van der Waals surface area contributed by atoms with E-state index < -0.39 is 0 Å². The number of morpholine rings is 1. The fourth-order valence-electron chi connectivity index (χ4n) is 2.87. The summed E-state index contributed by atoms with van der Waals surface area (Å²) in [5.74, 6) is 0.00595. The van der Waals surface area contributed by atoms with Crippen LogP contribution in [-0.4, -0.2) is 46.3 Å². The number of aromatic amines is 1. The molecule has 3 rings (SSSR count). The van der Waals surface area contributed by atoms with Gasteiger partial charge in [0.15, 0.2) is 5.69 Å². The number of carbonyl (C=O) groups excluding carboxylic acids is 1. The van der Waals surface area contributed by atoms with Crippen molar-refractivity contribution in [3.8, 4) is 0 Å². The minimum atomic E-state index is 0.00595. The van der Waals surface area contributed by atoms with Crippen LogP contribution in [0.4, 0.5) is 0 Å². The molecule has 18 heavy (non-hydrogen) atoms. The molecule has 0 aromatic carbocycles. The number of hydrogen-bond donors (Lipinski definition) is 1. The molecule has 2 atom stereocenters. The Morgan fingerprint density at radius 2 is 2.39 bits per heavy atom. The molecule has 0 radical (unpaired) electrons. The summed E-state index contributed by atoms with van der Waals surface area (Å²) < 4.78 is 6.49. The Bertz CT molecular complexity index is 474. The fraction of sp³-hybridized carbons (Fsp3) is 0.667. The van der Waals surface area contributed by atoms with Crippen LogP contribution in [0.2, 0.25) is 0 Å². The van der Waals surface area contributed by atoms with E-state index in [2.05, 4.69) is 26.1 Å². The molecule has 0 bridgehead atoms. The second-order valence-electron chi connectivity index (χ2n) is 4.92. The van der Waals surface area contributed by atoms with Gasteiger partial charge in [0.25, 0.3) is 5.91 Å². The molecule has 1 amide bonds. The monoisotopic (exact) mass is 313 g/mol. The van der Waals surface area contributed by atoms with Gasteiger partial charge in [-0.25, -0.2) is 0 Å². The smallest absolute Gasteiger partial charge is 0.275 e. The highest BCUT2D eigenvalue weighted by atomic mass is 79.9. The Morgan fingerprint density at radius 1 is 1.56 bits per heavy atom. The van der Waals surface area contributed by atoms with Crippen LogP contribution in [0.5, 0.6) is 0 Å². The zero-order valence-electron chi connectivity index (χ0n) is 10.3. The predicted octanol–water partition coefficient (Wildman–Crippen LogP) is 1.87. The zero-order chi connectivity index (χ0) is 12.7. The number of aromatic nitrogens is 2. The number of nitrogens with zero attached hydrogens (tertiary/aromatic N) is 2. The Kier molecular flexibility index (Phi) is 3.15. The van der Waals surface area contributed by atoms with Gasteiger partial charge in [0.2, 0.25) is 0 Å². The van der Waals surface area contributed by atoms with E-state index in [-0.39, 0.29) is 18.1 Å². The maximum atomic E-state index is 12.5. The maximum Gasteiger partial charge on any atom is 0.275 e. The molecule has 1 aliphatic carbocycles. The zero-order valence-corrected chi connectivity index (χ0v) is 11.9. The van der Waals surface area contributed by atoms with Crippen LogP contribution in [0.15, 0.2) is 4.47 Å². The van der Waals surface area contributed by atoms with E-state index in [1.807, 2.05) is 11.8 Å². The number of H-pyrrole nitrogens is 1. The predicted molar refractivity (Wildman–Crippen MR) is 69.4 cm³/mol. The van der Waals surface area contributed by atoms with Crippen LogP contribution in [0, 0.1) is 6.92 Å². The van der Waals surface area contributed by atoms with Gasteiger partial charge in [-0.05, 0) is 42.1 Å². The molecule has 1 N–H and O–H groups in total. The Balaban J connectivity index is 1.85. The number of nitrogens with one attached hydrogen (secondary N) is 1. The molecular formula is C12H16BrN3O2. The van der Waals surface area contributed by atoms with Crippen molar-refractivity contribution in [2.45, 2.75) is 38.3 Å².